The second-order valence-electron chi connectivity index (χ2n) is 4.30. The molecule has 1 amide bonds. The van der Waals surface area contributed by atoms with Crippen LogP contribution in [0.1, 0.15) is 5.56 Å². The highest BCUT2D eigenvalue weighted by Gasteiger charge is 2.14. The van der Waals surface area contributed by atoms with Crippen molar-refractivity contribution in [1.29, 1.82) is 0 Å². The summed E-state index contributed by atoms with van der Waals surface area (Å²) in [6.07, 6.45) is 1.48. The van der Waals surface area contributed by atoms with Crippen molar-refractivity contribution in [2.75, 3.05) is 19.0 Å². The van der Waals surface area contributed by atoms with Crippen LogP contribution >= 0.6 is 0 Å². The average molecular weight is 276 g/mol. The predicted molar refractivity (Wildman–Crippen MR) is 72.4 cm³/mol. The summed E-state index contributed by atoms with van der Waals surface area (Å²) in [6, 6.07) is 4.80. The fourth-order valence-corrected chi connectivity index (χ4v) is 1.65. The number of aryl methyl sites for hydroxylation is 1. The Morgan fingerprint density at radius 3 is 3.00 bits per heavy atom. The molecule has 0 spiro atoms. The fraction of sp³-hybridized carbons (Fsp3) is 0.333. The van der Waals surface area contributed by atoms with Crippen molar-refractivity contribution in [2.45, 2.75) is 13.0 Å². The summed E-state index contributed by atoms with van der Waals surface area (Å²) in [7, 11) is 1.50. The summed E-state index contributed by atoms with van der Waals surface area (Å²) in [5.41, 5.74) is 8.01. The largest absolute Gasteiger partial charge is 0.383 e. The van der Waals surface area contributed by atoms with Crippen LogP contribution in [0.3, 0.4) is 0 Å². The second-order valence-corrected chi connectivity index (χ2v) is 4.30. The van der Waals surface area contributed by atoms with Gasteiger partial charge in [-0.05, 0) is 35.0 Å². The Morgan fingerprint density at radius 1 is 1.55 bits per heavy atom. The maximum atomic E-state index is 11.9. The van der Waals surface area contributed by atoms with Crippen LogP contribution < -0.4 is 11.1 Å². The van der Waals surface area contributed by atoms with Gasteiger partial charge in [0.2, 0.25) is 5.91 Å². The molecule has 0 aliphatic carbocycles. The van der Waals surface area contributed by atoms with Gasteiger partial charge in [0, 0.05) is 12.8 Å². The van der Waals surface area contributed by atoms with Gasteiger partial charge in [-0.2, -0.15) is 0 Å². The van der Waals surface area contributed by atoms with Crippen molar-refractivity contribution in [3.63, 3.8) is 0 Å². The van der Waals surface area contributed by atoms with E-state index < -0.39 is 6.04 Å². The topological polar surface area (TPSA) is 108 Å². The van der Waals surface area contributed by atoms with E-state index in [1.165, 1.54) is 18.1 Å². The van der Waals surface area contributed by atoms with Gasteiger partial charge in [-0.1, -0.05) is 6.07 Å². The number of hydrogen-bond acceptors (Lipinski definition) is 6. The summed E-state index contributed by atoms with van der Waals surface area (Å²) in [5, 5.41) is 13.7. The number of nitrogens with zero attached hydrogens (tertiary/aromatic N) is 4. The molecule has 20 heavy (non-hydrogen) atoms. The number of tetrazole rings is 1. The zero-order valence-electron chi connectivity index (χ0n) is 11.3. The molecule has 106 valence electrons. The predicted octanol–water partition coefficient (Wildman–Crippen LogP) is -0.117. The Kier molecular flexibility index (Phi) is 4.38. The Labute approximate surface area is 115 Å². The van der Waals surface area contributed by atoms with Gasteiger partial charge in [0.05, 0.1) is 12.3 Å². The molecular formula is C12H16N6O2. The number of nitrogens with two attached hydrogens (primary N) is 1. The molecule has 8 heteroatoms. The molecule has 0 saturated heterocycles. The first-order valence-corrected chi connectivity index (χ1v) is 6.01. The molecule has 8 nitrogen and oxygen atoms in total. The van der Waals surface area contributed by atoms with Gasteiger partial charge < -0.3 is 15.8 Å². The number of nitrogens with one attached hydrogen (secondary N) is 1. The van der Waals surface area contributed by atoms with Gasteiger partial charge in [-0.25, -0.2) is 4.68 Å². The number of anilines is 1. The third-order valence-corrected chi connectivity index (χ3v) is 2.78. The van der Waals surface area contributed by atoms with Crippen LogP contribution in [-0.4, -0.2) is 45.9 Å². The fourth-order valence-electron chi connectivity index (χ4n) is 1.65. The van der Waals surface area contributed by atoms with Crippen molar-refractivity contribution in [3.8, 4) is 5.69 Å². The van der Waals surface area contributed by atoms with E-state index in [1.54, 1.807) is 6.07 Å². The van der Waals surface area contributed by atoms with Crippen LogP contribution in [0.25, 0.3) is 5.69 Å². The molecule has 0 aliphatic rings. The van der Waals surface area contributed by atoms with E-state index >= 15 is 0 Å². The van der Waals surface area contributed by atoms with Crippen LogP contribution in [0.5, 0.6) is 0 Å². The van der Waals surface area contributed by atoms with Crippen molar-refractivity contribution >= 4 is 11.6 Å². The van der Waals surface area contributed by atoms with E-state index in [1.807, 2.05) is 19.1 Å². The number of ether oxygens (including phenoxy) is 1. The summed E-state index contributed by atoms with van der Waals surface area (Å²) in [5.74, 6) is -0.302. The van der Waals surface area contributed by atoms with Gasteiger partial charge in [-0.3, -0.25) is 4.79 Å². The highest BCUT2D eigenvalue weighted by molar-refractivity contribution is 5.95. The molecule has 1 atom stereocenters. The maximum absolute atomic E-state index is 11.9. The third-order valence-electron chi connectivity index (χ3n) is 2.78. The van der Waals surface area contributed by atoms with E-state index in [2.05, 4.69) is 20.8 Å². The monoisotopic (exact) mass is 276 g/mol. The van der Waals surface area contributed by atoms with Crippen LogP contribution in [0, 0.1) is 6.92 Å². The van der Waals surface area contributed by atoms with Crippen molar-refractivity contribution in [1.82, 2.24) is 20.2 Å². The molecule has 1 aromatic carbocycles. The Hall–Kier alpha value is -2.32. The van der Waals surface area contributed by atoms with Gasteiger partial charge >= 0.3 is 0 Å². The van der Waals surface area contributed by atoms with Gasteiger partial charge in [0.1, 0.15) is 12.4 Å². The molecule has 1 heterocycles. The lowest BCUT2D eigenvalue weighted by Gasteiger charge is -2.14. The zero-order chi connectivity index (χ0) is 14.5. The first-order valence-electron chi connectivity index (χ1n) is 6.01. The molecule has 0 radical (unpaired) electrons. The SMILES string of the molecule is COCC(N)C(=O)Nc1cc(-n2cnnn2)ccc1C. The molecule has 1 aromatic heterocycles. The first kappa shape index (κ1) is 14.1. The third kappa shape index (κ3) is 3.16. The molecule has 1 unspecified atom stereocenters. The number of hydrogen-bond donors (Lipinski definition) is 2. The van der Waals surface area contributed by atoms with Crippen molar-refractivity contribution in [3.05, 3.63) is 30.1 Å². The van der Waals surface area contributed by atoms with E-state index in [0.717, 1.165) is 11.3 Å². The second kappa shape index (κ2) is 6.22. The van der Waals surface area contributed by atoms with Gasteiger partial charge in [0.25, 0.3) is 0 Å². The summed E-state index contributed by atoms with van der Waals surface area (Å²) >= 11 is 0. The molecule has 2 aromatic rings. The molecule has 2 rings (SSSR count). The van der Waals surface area contributed by atoms with E-state index in [0.29, 0.717) is 5.69 Å². The quantitative estimate of drug-likeness (QED) is 0.788. The number of rotatable bonds is 5. The molecule has 3 N–H and O–H groups in total. The standard InChI is InChI=1S/C12H16N6O2/c1-8-3-4-9(18-7-14-16-17-18)5-11(8)15-12(19)10(13)6-20-2/h3-5,7,10H,6,13H2,1-2H3,(H,15,19). The first-order chi connectivity index (χ1) is 9.61. The number of carbonyl (C=O) groups excluding carboxylic acids is 1. The Balaban J connectivity index is 2.19. The van der Waals surface area contributed by atoms with Crippen LogP contribution in [0.2, 0.25) is 0 Å². The summed E-state index contributed by atoms with van der Waals surface area (Å²) in [6.45, 7) is 2.05. The van der Waals surface area contributed by atoms with Crippen LogP contribution in [0.15, 0.2) is 24.5 Å². The minimum absolute atomic E-state index is 0.164. The van der Waals surface area contributed by atoms with Crippen molar-refractivity contribution in [2.24, 2.45) is 5.73 Å². The Bertz CT molecular complexity index is 584. The number of amides is 1. The lowest BCUT2D eigenvalue weighted by molar-refractivity contribution is -0.118. The molecule has 0 fully saturated rings. The van der Waals surface area contributed by atoms with E-state index in [9.17, 15) is 4.79 Å². The van der Waals surface area contributed by atoms with Crippen LogP contribution in [-0.2, 0) is 9.53 Å². The normalized spacial score (nSPS) is 12.2. The lowest BCUT2D eigenvalue weighted by atomic mass is 10.1. The average Bonchev–Trinajstić information content (AvgIpc) is 2.95. The lowest BCUT2D eigenvalue weighted by Crippen LogP contribution is -2.39. The molecular weight excluding hydrogens is 260 g/mol. The summed E-state index contributed by atoms with van der Waals surface area (Å²) < 4.78 is 6.36. The Morgan fingerprint density at radius 2 is 2.35 bits per heavy atom. The highest BCUT2D eigenvalue weighted by atomic mass is 16.5. The van der Waals surface area contributed by atoms with Crippen molar-refractivity contribution < 1.29 is 9.53 Å². The number of aromatic nitrogens is 4. The van der Waals surface area contributed by atoms with Gasteiger partial charge in [0.15, 0.2) is 0 Å². The molecule has 0 aliphatic heterocycles. The smallest absolute Gasteiger partial charge is 0.243 e. The number of benzene rings is 1. The number of carbonyl (C=O) groups is 1. The molecule has 0 bridgehead atoms. The minimum atomic E-state index is -0.712. The zero-order valence-corrected chi connectivity index (χ0v) is 11.3. The highest BCUT2D eigenvalue weighted by Crippen LogP contribution is 2.19. The van der Waals surface area contributed by atoms with Gasteiger partial charge in [-0.15, -0.1) is 5.10 Å². The molecule has 0 saturated carbocycles. The maximum Gasteiger partial charge on any atom is 0.243 e. The van der Waals surface area contributed by atoms with Crippen LogP contribution in [0.4, 0.5) is 5.69 Å². The number of methoxy groups -OCH3 is 1. The van der Waals surface area contributed by atoms with E-state index in [-0.39, 0.29) is 12.5 Å². The summed E-state index contributed by atoms with van der Waals surface area (Å²) in [4.78, 5) is 11.9. The minimum Gasteiger partial charge on any atom is -0.383 e. The van der Waals surface area contributed by atoms with E-state index in [4.69, 9.17) is 10.5 Å².